The monoisotopic (exact) mass is 398 g/mol. The predicted molar refractivity (Wildman–Crippen MR) is 108 cm³/mol. The number of hydrogen-bond acceptors (Lipinski definition) is 4. The van der Waals surface area contributed by atoms with Gasteiger partial charge in [-0.3, -0.25) is 4.79 Å². The molecule has 0 saturated heterocycles. The summed E-state index contributed by atoms with van der Waals surface area (Å²) in [7, 11) is 0. The van der Waals surface area contributed by atoms with Crippen LogP contribution in [0.4, 0.5) is 11.4 Å². The Balaban J connectivity index is 1.58. The average Bonchev–Trinajstić information content (AvgIpc) is 3.26. The molecule has 1 atom stereocenters. The highest BCUT2D eigenvalue weighted by Crippen LogP contribution is 2.37. The van der Waals surface area contributed by atoms with Crippen LogP contribution in [0.2, 0.25) is 5.02 Å². The minimum Gasteiger partial charge on any atom is -0.478 e. The molecule has 1 amide bonds. The molecule has 1 unspecified atom stereocenters. The molecule has 0 saturated carbocycles. The van der Waals surface area contributed by atoms with E-state index in [1.54, 1.807) is 29.6 Å². The Hall–Kier alpha value is -2.83. The van der Waals surface area contributed by atoms with Crippen LogP contribution in [0.1, 0.15) is 15.9 Å². The van der Waals surface area contributed by atoms with Gasteiger partial charge in [0.25, 0.3) is 0 Å². The average molecular weight is 399 g/mol. The molecule has 7 heteroatoms. The van der Waals surface area contributed by atoms with E-state index in [9.17, 15) is 14.7 Å². The van der Waals surface area contributed by atoms with E-state index in [-0.39, 0.29) is 11.5 Å². The smallest absolute Gasteiger partial charge is 0.339 e. The number of halogens is 1. The lowest BCUT2D eigenvalue weighted by Gasteiger charge is -2.12. The van der Waals surface area contributed by atoms with Crippen molar-refractivity contribution in [1.29, 1.82) is 0 Å². The number of nitrogens with one attached hydrogen (secondary N) is 2. The number of aromatic carboxylic acids is 1. The Bertz CT molecular complexity index is 1000. The van der Waals surface area contributed by atoms with Crippen LogP contribution >= 0.6 is 22.9 Å². The molecule has 1 aromatic heterocycles. The van der Waals surface area contributed by atoms with Crippen LogP contribution in [0, 0.1) is 0 Å². The van der Waals surface area contributed by atoms with Gasteiger partial charge in [0.2, 0.25) is 5.91 Å². The first-order valence-electron chi connectivity index (χ1n) is 8.29. The normalized spacial score (nSPS) is 15.1. The Morgan fingerprint density at radius 2 is 1.89 bits per heavy atom. The summed E-state index contributed by atoms with van der Waals surface area (Å²) in [5, 5.41) is 17.9. The van der Waals surface area contributed by atoms with Crippen LogP contribution in [0.3, 0.4) is 0 Å². The predicted octanol–water partition coefficient (Wildman–Crippen LogP) is 4.74. The highest BCUT2D eigenvalue weighted by Gasteiger charge is 2.28. The maximum Gasteiger partial charge on any atom is 0.339 e. The number of fused-ring (bicyclic) bond motifs is 1. The number of para-hydroxylation sites is 1. The van der Waals surface area contributed by atoms with Gasteiger partial charge in [0, 0.05) is 22.5 Å². The molecule has 4 rings (SSSR count). The minimum absolute atomic E-state index is 0.0891. The van der Waals surface area contributed by atoms with E-state index < -0.39 is 12.0 Å². The lowest BCUT2D eigenvalue weighted by molar-refractivity contribution is -0.116. The molecular formula is C20H15ClN2O3S. The van der Waals surface area contributed by atoms with Gasteiger partial charge in [-0.1, -0.05) is 41.9 Å². The zero-order valence-corrected chi connectivity index (χ0v) is 15.6. The fourth-order valence-corrected chi connectivity index (χ4v) is 4.28. The highest BCUT2D eigenvalue weighted by atomic mass is 35.5. The number of thiophene rings is 1. The fraction of sp³-hybridized carbons (Fsp3) is 0.100. The van der Waals surface area contributed by atoms with Crippen molar-refractivity contribution in [2.45, 2.75) is 12.5 Å². The third-order valence-corrected chi connectivity index (χ3v) is 5.74. The lowest BCUT2D eigenvalue weighted by Crippen LogP contribution is -2.33. The van der Waals surface area contributed by atoms with Crippen LogP contribution in [-0.2, 0) is 11.2 Å². The number of carbonyl (C=O) groups is 2. The minimum atomic E-state index is -1.08. The largest absolute Gasteiger partial charge is 0.478 e. The van der Waals surface area contributed by atoms with Gasteiger partial charge >= 0.3 is 5.97 Å². The molecule has 0 spiro atoms. The van der Waals surface area contributed by atoms with Crippen LogP contribution in [0.5, 0.6) is 0 Å². The summed E-state index contributed by atoms with van der Waals surface area (Å²) in [4.78, 5) is 25.1. The van der Waals surface area contributed by atoms with E-state index in [1.807, 2.05) is 24.3 Å². The second-order valence-corrected chi connectivity index (χ2v) is 7.53. The number of hydrogen-bond donors (Lipinski definition) is 3. The maximum absolute atomic E-state index is 12.7. The van der Waals surface area contributed by atoms with E-state index in [0.717, 1.165) is 16.8 Å². The van der Waals surface area contributed by atoms with Gasteiger partial charge in [0.05, 0.1) is 10.6 Å². The van der Waals surface area contributed by atoms with Gasteiger partial charge in [0.1, 0.15) is 11.6 Å². The van der Waals surface area contributed by atoms with Gasteiger partial charge in [-0.25, -0.2) is 4.79 Å². The second kappa shape index (κ2) is 7.06. The van der Waals surface area contributed by atoms with Gasteiger partial charge in [0.15, 0.2) is 0 Å². The maximum atomic E-state index is 12.7. The molecule has 136 valence electrons. The third kappa shape index (κ3) is 3.41. The van der Waals surface area contributed by atoms with Gasteiger partial charge < -0.3 is 15.7 Å². The molecule has 5 nitrogen and oxygen atoms in total. The van der Waals surface area contributed by atoms with Crippen molar-refractivity contribution < 1.29 is 14.7 Å². The number of benzene rings is 2. The van der Waals surface area contributed by atoms with E-state index in [0.29, 0.717) is 22.0 Å². The highest BCUT2D eigenvalue weighted by molar-refractivity contribution is 7.14. The summed E-state index contributed by atoms with van der Waals surface area (Å²) in [6.07, 6.45) is 0.568. The van der Waals surface area contributed by atoms with Gasteiger partial charge in [-0.05, 0) is 29.3 Å². The van der Waals surface area contributed by atoms with Crippen molar-refractivity contribution >= 4 is 46.2 Å². The summed E-state index contributed by atoms with van der Waals surface area (Å²) >= 11 is 7.19. The molecule has 0 aliphatic carbocycles. The Kier molecular flexibility index (Phi) is 4.59. The first-order chi connectivity index (χ1) is 13.0. The second-order valence-electron chi connectivity index (χ2n) is 6.21. The number of carboxylic acids is 1. The van der Waals surface area contributed by atoms with Crippen molar-refractivity contribution in [3.63, 3.8) is 0 Å². The molecule has 3 aromatic rings. The van der Waals surface area contributed by atoms with Crippen LogP contribution < -0.4 is 10.6 Å². The van der Waals surface area contributed by atoms with Crippen LogP contribution in [0.15, 0.2) is 53.9 Å². The summed E-state index contributed by atoms with van der Waals surface area (Å²) in [6.45, 7) is 0. The lowest BCUT2D eigenvalue weighted by atomic mass is 10.1. The topological polar surface area (TPSA) is 78.4 Å². The molecule has 1 aliphatic rings. The molecular weight excluding hydrogens is 384 g/mol. The van der Waals surface area contributed by atoms with E-state index in [2.05, 4.69) is 10.6 Å². The fourth-order valence-electron chi connectivity index (χ4n) is 3.15. The van der Waals surface area contributed by atoms with Crippen molar-refractivity contribution in [2.75, 3.05) is 10.6 Å². The van der Waals surface area contributed by atoms with E-state index in [4.69, 9.17) is 11.6 Å². The number of amides is 1. The number of carboxylic acid groups (broad SMARTS) is 1. The van der Waals surface area contributed by atoms with E-state index in [1.165, 1.54) is 11.3 Å². The first-order valence-corrected chi connectivity index (χ1v) is 9.54. The molecule has 2 heterocycles. The molecule has 3 N–H and O–H groups in total. The summed E-state index contributed by atoms with van der Waals surface area (Å²) in [5.74, 6) is -1.34. The molecule has 0 radical (unpaired) electrons. The third-order valence-electron chi connectivity index (χ3n) is 4.46. The summed E-state index contributed by atoms with van der Waals surface area (Å²) < 4.78 is 0. The SMILES string of the molecule is O=C(O)c1c(NC(=O)C2Cc3ccccc3N2)csc1-c1ccc(Cl)cc1. The zero-order chi connectivity index (χ0) is 19.0. The molecule has 27 heavy (non-hydrogen) atoms. The quantitative estimate of drug-likeness (QED) is 0.593. The summed E-state index contributed by atoms with van der Waals surface area (Å²) in [6, 6.07) is 14.3. The number of carbonyl (C=O) groups excluding carboxylic acids is 1. The zero-order valence-electron chi connectivity index (χ0n) is 14.0. The molecule has 2 aromatic carbocycles. The molecule has 0 bridgehead atoms. The van der Waals surface area contributed by atoms with Gasteiger partial charge in [-0.2, -0.15) is 0 Å². The molecule has 1 aliphatic heterocycles. The van der Waals surface area contributed by atoms with Crippen molar-refractivity contribution in [3.8, 4) is 10.4 Å². The Morgan fingerprint density at radius 1 is 1.15 bits per heavy atom. The van der Waals surface area contributed by atoms with Crippen LogP contribution in [0.25, 0.3) is 10.4 Å². The van der Waals surface area contributed by atoms with Gasteiger partial charge in [-0.15, -0.1) is 11.3 Å². The Labute approximate surface area is 164 Å². The van der Waals surface area contributed by atoms with E-state index >= 15 is 0 Å². The standard InChI is InChI=1S/C20H15ClN2O3S/c21-13-7-5-11(6-8-13)18-17(20(25)26)16(10-27-18)23-19(24)15-9-12-3-1-2-4-14(12)22-15/h1-8,10,15,22H,9H2,(H,23,24)(H,25,26). The van der Waals surface area contributed by atoms with Crippen molar-refractivity contribution in [2.24, 2.45) is 0 Å². The molecule has 0 fully saturated rings. The number of rotatable bonds is 4. The first kappa shape index (κ1) is 17.6. The summed E-state index contributed by atoms with van der Waals surface area (Å²) in [5.41, 5.74) is 3.15. The van der Waals surface area contributed by atoms with Crippen molar-refractivity contribution in [1.82, 2.24) is 0 Å². The van der Waals surface area contributed by atoms with Crippen molar-refractivity contribution in [3.05, 3.63) is 70.1 Å². The van der Waals surface area contributed by atoms with Crippen LogP contribution in [-0.4, -0.2) is 23.0 Å². The number of anilines is 2. The Morgan fingerprint density at radius 3 is 2.59 bits per heavy atom.